The average molecular weight is 517 g/mol. The maximum atomic E-state index is 13.6. The summed E-state index contributed by atoms with van der Waals surface area (Å²) < 4.78 is 18.7. The lowest BCUT2D eigenvalue weighted by Crippen LogP contribution is -2.45. The Morgan fingerprint density at radius 1 is 1.24 bits per heavy atom. The SMILES string of the molecule is CCNC(=NCC1(c2cccc(F)c2)CC1)NC1CCC(C(=O)OCC)CC1.I. The minimum atomic E-state index is -0.184. The normalized spacial score (nSPS) is 22.9. The molecule has 2 N–H and O–H groups in total. The Balaban J connectivity index is 0.00000300. The molecule has 5 nitrogen and oxygen atoms in total. The summed E-state index contributed by atoms with van der Waals surface area (Å²) >= 11 is 0. The van der Waals surface area contributed by atoms with E-state index in [9.17, 15) is 9.18 Å². The molecule has 3 rings (SSSR count). The van der Waals surface area contributed by atoms with Gasteiger partial charge in [-0.1, -0.05) is 12.1 Å². The first-order valence-corrected chi connectivity index (χ1v) is 10.5. The molecule has 0 bridgehead atoms. The van der Waals surface area contributed by atoms with Crippen LogP contribution in [0.1, 0.15) is 57.9 Å². The summed E-state index contributed by atoms with van der Waals surface area (Å²) in [4.78, 5) is 16.7. The van der Waals surface area contributed by atoms with E-state index in [2.05, 4.69) is 10.6 Å². The van der Waals surface area contributed by atoms with Crippen molar-refractivity contribution >= 4 is 35.9 Å². The molecular formula is C22H33FIN3O2. The van der Waals surface area contributed by atoms with Crippen LogP contribution in [0.2, 0.25) is 0 Å². The van der Waals surface area contributed by atoms with Crippen LogP contribution in [0.4, 0.5) is 4.39 Å². The number of carbonyl (C=O) groups excluding carboxylic acids is 1. The fourth-order valence-electron chi connectivity index (χ4n) is 3.98. The lowest BCUT2D eigenvalue weighted by atomic mass is 9.86. The summed E-state index contributed by atoms with van der Waals surface area (Å²) in [5.74, 6) is 0.591. The van der Waals surface area contributed by atoms with Gasteiger partial charge >= 0.3 is 5.97 Å². The number of rotatable bonds is 7. The highest BCUT2D eigenvalue weighted by atomic mass is 127. The second-order valence-electron chi connectivity index (χ2n) is 7.93. The summed E-state index contributed by atoms with van der Waals surface area (Å²) in [7, 11) is 0. The molecule has 0 heterocycles. The van der Waals surface area contributed by atoms with Gasteiger partial charge in [0.1, 0.15) is 5.82 Å². The monoisotopic (exact) mass is 517 g/mol. The van der Waals surface area contributed by atoms with Gasteiger partial charge in [-0.15, -0.1) is 24.0 Å². The fraction of sp³-hybridized carbons (Fsp3) is 0.636. The van der Waals surface area contributed by atoms with Crippen LogP contribution in [-0.2, 0) is 14.9 Å². The van der Waals surface area contributed by atoms with Crippen LogP contribution in [0, 0.1) is 11.7 Å². The zero-order valence-electron chi connectivity index (χ0n) is 17.4. The molecule has 1 aromatic rings. The number of guanidine groups is 1. The molecule has 162 valence electrons. The topological polar surface area (TPSA) is 62.7 Å². The summed E-state index contributed by atoms with van der Waals surface area (Å²) in [6.07, 6.45) is 5.66. The molecule has 0 unspecified atom stereocenters. The van der Waals surface area contributed by atoms with Gasteiger partial charge in [0.25, 0.3) is 0 Å². The number of ether oxygens (including phenoxy) is 1. The van der Waals surface area contributed by atoms with Gasteiger partial charge in [-0.05, 0) is 70.1 Å². The molecule has 0 radical (unpaired) electrons. The minimum absolute atomic E-state index is 0. The fourth-order valence-corrected chi connectivity index (χ4v) is 3.98. The first-order valence-electron chi connectivity index (χ1n) is 10.5. The maximum absolute atomic E-state index is 13.6. The van der Waals surface area contributed by atoms with Crippen LogP contribution < -0.4 is 10.6 Å². The van der Waals surface area contributed by atoms with Gasteiger partial charge in [0, 0.05) is 18.0 Å². The number of carbonyl (C=O) groups is 1. The number of esters is 1. The smallest absolute Gasteiger partial charge is 0.308 e. The second-order valence-corrected chi connectivity index (χ2v) is 7.93. The van der Waals surface area contributed by atoms with E-state index in [1.165, 1.54) is 6.07 Å². The number of halogens is 2. The molecule has 2 aliphatic rings. The van der Waals surface area contributed by atoms with Gasteiger partial charge in [-0.3, -0.25) is 9.79 Å². The van der Waals surface area contributed by atoms with Crippen LogP contribution in [0.25, 0.3) is 0 Å². The van der Waals surface area contributed by atoms with Crippen molar-refractivity contribution in [2.24, 2.45) is 10.9 Å². The van der Waals surface area contributed by atoms with Crippen molar-refractivity contribution in [1.82, 2.24) is 10.6 Å². The van der Waals surface area contributed by atoms with Crippen molar-refractivity contribution in [1.29, 1.82) is 0 Å². The van der Waals surface area contributed by atoms with Crippen LogP contribution in [0.5, 0.6) is 0 Å². The molecule has 29 heavy (non-hydrogen) atoms. The summed E-state index contributed by atoms with van der Waals surface area (Å²) in [6.45, 7) is 5.79. The van der Waals surface area contributed by atoms with Crippen molar-refractivity contribution in [3.05, 3.63) is 35.6 Å². The van der Waals surface area contributed by atoms with E-state index in [0.29, 0.717) is 19.2 Å². The molecule has 1 aromatic carbocycles. The predicted molar refractivity (Wildman–Crippen MR) is 124 cm³/mol. The quantitative estimate of drug-likeness (QED) is 0.247. The first-order chi connectivity index (χ1) is 13.6. The zero-order chi connectivity index (χ0) is 20.0. The van der Waals surface area contributed by atoms with E-state index in [4.69, 9.17) is 9.73 Å². The Kier molecular flexibility index (Phi) is 9.17. The lowest BCUT2D eigenvalue weighted by molar-refractivity contribution is -0.149. The third-order valence-electron chi connectivity index (χ3n) is 5.86. The molecule has 0 aromatic heterocycles. The Labute approximate surface area is 190 Å². The van der Waals surface area contributed by atoms with E-state index in [1.54, 1.807) is 12.1 Å². The molecule has 2 aliphatic carbocycles. The van der Waals surface area contributed by atoms with Crippen molar-refractivity contribution < 1.29 is 13.9 Å². The number of aliphatic imine (C=N–C) groups is 1. The van der Waals surface area contributed by atoms with Gasteiger partial charge in [-0.2, -0.15) is 0 Å². The Hall–Kier alpha value is -1.38. The van der Waals surface area contributed by atoms with Crippen molar-refractivity contribution in [2.75, 3.05) is 19.7 Å². The molecule has 0 saturated heterocycles. The van der Waals surface area contributed by atoms with Crippen LogP contribution in [0.3, 0.4) is 0 Å². The van der Waals surface area contributed by atoms with E-state index < -0.39 is 0 Å². The summed E-state index contributed by atoms with van der Waals surface area (Å²) in [5, 5.41) is 6.84. The summed E-state index contributed by atoms with van der Waals surface area (Å²) in [6, 6.07) is 7.22. The Morgan fingerprint density at radius 2 is 1.97 bits per heavy atom. The maximum Gasteiger partial charge on any atom is 0.308 e. The molecule has 0 spiro atoms. The number of benzene rings is 1. The summed E-state index contributed by atoms with van der Waals surface area (Å²) in [5.41, 5.74) is 1.02. The number of hydrogen-bond donors (Lipinski definition) is 2. The van der Waals surface area contributed by atoms with Gasteiger partial charge in [0.15, 0.2) is 5.96 Å². The largest absolute Gasteiger partial charge is 0.466 e. The van der Waals surface area contributed by atoms with Crippen LogP contribution >= 0.6 is 24.0 Å². The van der Waals surface area contributed by atoms with E-state index in [0.717, 1.165) is 56.6 Å². The van der Waals surface area contributed by atoms with E-state index >= 15 is 0 Å². The Bertz CT molecular complexity index is 701. The zero-order valence-corrected chi connectivity index (χ0v) is 19.7. The highest BCUT2D eigenvalue weighted by Crippen LogP contribution is 2.48. The Morgan fingerprint density at radius 3 is 2.55 bits per heavy atom. The van der Waals surface area contributed by atoms with Gasteiger partial charge in [0.05, 0.1) is 19.1 Å². The molecule has 0 amide bonds. The molecule has 2 fully saturated rings. The van der Waals surface area contributed by atoms with Gasteiger partial charge < -0.3 is 15.4 Å². The number of nitrogens with one attached hydrogen (secondary N) is 2. The van der Waals surface area contributed by atoms with Gasteiger partial charge in [-0.25, -0.2) is 4.39 Å². The highest BCUT2D eigenvalue weighted by molar-refractivity contribution is 14.0. The molecule has 2 saturated carbocycles. The molecule has 0 aliphatic heterocycles. The van der Waals surface area contributed by atoms with Crippen LogP contribution in [0.15, 0.2) is 29.3 Å². The molecule has 0 atom stereocenters. The van der Waals surface area contributed by atoms with Gasteiger partial charge in [0.2, 0.25) is 0 Å². The predicted octanol–water partition coefficient (Wildman–Crippen LogP) is 4.15. The number of nitrogens with zero attached hydrogens (tertiary/aromatic N) is 1. The highest BCUT2D eigenvalue weighted by Gasteiger charge is 2.44. The van der Waals surface area contributed by atoms with E-state index in [-0.39, 0.29) is 47.1 Å². The van der Waals surface area contributed by atoms with Crippen molar-refractivity contribution in [3.63, 3.8) is 0 Å². The average Bonchev–Trinajstić information content (AvgIpc) is 3.48. The minimum Gasteiger partial charge on any atom is -0.466 e. The first kappa shape index (κ1) is 23.9. The lowest BCUT2D eigenvalue weighted by Gasteiger charge is -2.29. The van der Waals surface area contributed by atoms with E-state index in [1.807, 2.05) is 19.9 Å². The number of hydrogen-bond acceptors (Lipinski definition) is 3. The van der Waals surface area contributed by atoms with Crippen LogP contribution in [-0.4, -0.2) is 37.7 Å². The standard InChI is InChI=1S/C22H32FN3O2.HI/c1-3-24-21(26-19-10-8-16(9-11-19)20(27)28-4-2)25-15-22(12-13-22)17-6-5-7-18(23)14-17;/h5-7,14,16,19H,3-4,8-13,15H2,1-2H3,(H2,24,25,26);1H. The third kappa shape index (κ3) is 6.55. The second kappa shape index (κ2) is 11.1. The molecular weight excluding hydrogens is 484 g/mol. The third-order valence-corrected chi connectivity index (χ3v) is 5.86. The molecule has 7 heteroatoms. The van der Waals surface area contributed by atoms with Crippen molar-refractivity contribution in [2.45, 2.75) is 63.8 Å². The van der Waals surface area contributed by atoms with Crippen molar-refractivity contribution in [3.8, 4) is 0 Å².